The molecule has 1 aliphatic carbocycles. The summed E-state index contributed by atoms with van der Waals surface area (Å²) in [6.45, 7) is 5.55. The number of aldehydes is 1. The molecule has 1 saturated carbocycles. The second-order valence-electron chi connectivity index (χ2n) is 3.75. The van der Waals surface area contributed by atoms with Crippen molar-refractivity contribution in [2.75, 3.05) is 0 Å². The van der Waals surface area contributed by atoms with Crippen molar-refractivity contribution in [1.82, 2.24) is 0 Å². The Bertz CT molecular complexity index is 135. The molecule has 0 bridgehead atoms. The van der Waals surface area contributed by atoms with Gasteiger partial charge in [-0.2, -0.15) is 0 Å². The molecule has 12 heavy (non-hydrogen) atoms. The number of rotatable bonds is 1. The van der Waals surface area contributed by atoms with Gasteiger partial charge >= 0.3 is 0 Å². The molecular weight excluding hydrogens is 162 g/mol. The maximum Gasteiger partial charge on any atom is 0.248 e. The summed E-state index contributed by atoms with van der Waals surface area (Å²) < 4.78 is 23.6. The topological polar surface area (TPSA) is 17.1 Å². The van der Waals surface area contributed by atoms with Crippen LogP contribution in [0.2, 0.25) is 0 Å². The largest absolute Gasteiger partial charge is 0.303 e. The van der Waals surface area contributed by atoms with E-state index in [1.165, 1.54) is 0 Å². The van der Waals surface area contributed by atoms with Crippen LogP contribution in [0.4, 0.5) is 8.78 Å². The maximum absolute atomic E-state index is 11.8. The molecule has 0 heterocycles. The van der Waals surface area contributed by atoms with E-state index in [1.807, 2.05) is 20.8 Å². The number of halogens is 2. The molecule has 0 radical (unpaired) electrons. The summed E-state index contributed by atoms with van der Waals surface area (Å²) in [7, 11) is 0. The van der Waals surface area contributed by atoms with Crippen molar-refractivity contribution >= 4 is 6.29 Å². The van der Waals surface area contributed by atoms with Crippen LogP contribution < -0.4 is 0 Å². The number of hydrogen-bond donors (Lipinski definition) is 0. The SMILES string of the molecule is CC(C)C=O.CC1CC(F)(F)C1. The minimum absolute atomic E-state index is 0.104. The van der Waals surface area contributed by atoms with E-state index in [9.17, 15) is 13.6 Å². The highest BCUT2D eigenvalue weighted by Crippen LogP contribution is 2.41. The molecule has 1 nitrogen and oxygen atoms in total. The molecule has 0 amide bonds. The molecule has 1 rings (SSSR count). The van der Waals surface area contributed by atoms with Crippen molar-refractivity contribution in [2.24, 2.45) is 11.8 Å². The minimum atomic E-state index is -2.31. The summed E-state index contributed by atoms with van der Waals surface area (Å²) in [5.41, 5.74) is 0. The molecule has 0 unspecified atom stereocenters. The lowest BCUT2D eigenvalue weighted by atomic mass is 9.83. The normalized spacial score (nSPS) is 20.8. The van der Waals surface area contributed by atoms with E-state index in [0.29, 0.717) is 0 Å². The fourth-order valence-corrected chi connectivity index (χ4v) is 0.960. The molecule has 0 atom stereocenters. The Morgan fingerprint density at radius 1 is 1.42 bits per heavy atom. The molecule has 0 N–H and O–H groups in total. The Morgan fingerprint density at radius 3 is 1.75 bits per heavy atom. The van der Waals surface area contributed by atoms with Crippen molar-refractivity contribution < 1.29 is 13.6 Å². The van der Waals surface area contributed by atoms with Gasteiger partial charge in [-0.15, -0.1) is 0 Å². The van der Waals surface area contributed by atoms with Crippen LogP contribution in [0.25, 0.3) is 0 Å². The van der Waals surface area contributed by atoms with Crippen LogP contribution >= 0.6 is 0 Å². The van der Waals surface area contributed by atoms with Crippen molar-refractivity contribution in [1.29, 1.82) is 0 Å². The van der Waals surface area contributed by atoms with E-state index in [2.05, 4.69) is 0 Å². The molecular formula is C9H16F2O. The van der Waals surface area contributed by atoms with Gasteiger partial charge in [0.15, 0.2) is 0 Å². The first-order chi connectivity index (χ1) is 5.37. The lowest BCUT2D eigenvalue weighted by molar-refractivity contribution is -0.110. The quantitative estimate of drug-likeness (QED) is 0.564. The predicted octanol–water partition coefficient (Wildman–Crippen LogP) is 2.89. The van der Waals surface area contributed by atoms with Crippen LogP contribution in [0, 0.1) is 11.8 Å². The van der Waals surface area contributed by atoms with Crippen molar-refractivity contribution in [2.45, 2.75) is 39.5 Å². The molecule has 0 aromatic carbocycles. The number of carbonyl (C=O) groups is 1. The molecule has 3 heteroatoms. The van der Waals surface area contributed by atoms with Gasteiger partial charge in [0.05, 0.1) is 0 Å². The van der Waals surface area contributed by atoms with Gasteiger partial charge in [-0.05, 0) is 5.92 Å². The Kier molecular flexibility index (Phi) is 4.35. The first-order valence-corrected chi connectivity index (χ1v) is 4.20. The van der Waals surface area contributed by atoms with E-state index in [1.54, 1.807) is 0 Å². The second-order valence-corrected chi connectivity index (χ2v) is 3.75. The zero-order chi connectivity index (χ0) is 9.78. The first kappa shape index (κ1) is 11.5. The Morgan fingerprint density at radius 2 is 1.75 bits per heavy atom. The summed E-state index contributed by atoms with van der Waals surface area (Å²) >= 11 is 0. The van der Waals surface area contributed by atoms with Crippen molar-refractivity contribution in [3.63, 3.8) is 0 Å². The van der Waals surface area contributed by atoms with Gasteiger partial charge in [0.1, 0.15) is 6.29 Å². The summed E-state index contributed by atoms with van der Waals surface area (Å²) in [4.78, 5) is 9.50. The molecule has 0 aromatic heterocycles. The lowest BCUT2D eigenvalue weighted by Crippen LogP contribution is -2.33. The lowest BCUT2D eigenvalue weighted by Gasteiger charge is -2.31. The summed E-state index contributed by atoms with van der Waals surface area (Å²) in [5, 5.41) is 0. The molecule has 1 fully saturated rings. The standard InChI is InChI=1S/C5H8F2.C4H8O/c1-4-2-5(6,7)3-4;1-4(2)3-5/h4H,2-3H2,1H3;3-4H,1-2H3. The van der Waals surface area contributed by atoms with Gasteiger partial charge in [-0.1, -0.05) is 20.8 Å². The van der Waals surface area contributed by atoms with E-state index < -0.39 is 5.92 Å². The Labute approximate surface area is 72.2 Å². The highest BCUT2D eigenvalue weighted by Gasteiger charge is 2.42. The van der Waals surface area contributed by atoms with E-state index in [0.717, 1.165) is 6.29 Å². The fraction of sp³-hybridized carbons (Fsp3) is 0.889. The van der Waals surface area contributed by atoms with Crippen molar-refractivity contribution in [3.05, 3.63) is 0 Å². The van der Waals surface area contributed by atoms with Gasteiger partial charge < -0.3 is 4.79 Å². The van der Waals surface area contributed by atoms with Gasteiger partial charge in [0.25, 0.3) is 0 Å². The van der Waals surface area contributed by atoms with E-state index >= 15 is 0 Å². The average Bonchev–Trinajstić information content (AvgIpc) is 1.85. The second kappa shape index (κ2) is 4.53. The van der Waals surface area contributed by atoms with Crippen molar-refractivity contribution in [3.8, 4) is 0 Å². The molecule has 0 spiro atoms. The Hall–Kier alpha value is -0.470. The maximum atomic E-state index is 11.8. The van der Waals surface area contributed by atoms with Crippen LogP contribution in [-0.4, -0.2) is 12.2 Å². The van der Waals surface area contributed by atoms with Gasteiger partial charge in [0, 0.05) is 18.8 Å². The van der Waals surface area contributed by atoms with Gasteiger partial charge in [0.2, 0.25) is 5.92 Å². The smallest absolute Gasteiger partial charge is 0.248 e. The summed E-state index contributed by atoms with van der Waals surface area (Å²) in [5.74, 6) is -1.84. The summed E-state index contributed by atoms with van der Waals surface area (Å²) in [6, 6.07) is 0. The predicted molar refractivity (Wildman–Crippen MR) is 44.2 cm³/mol. The van der Waals surface area contributed by atoms with Gasteiger partial charge in [-0.3, -0.25) is 0 Å². The zero-order valence-electron chi connectivity index (χ0n) is 7.81. The van der Waals surface area contributed by atoms with Crippen LogP contribution in [0.5, 0.6) is 0 Å². The molecule has 0 aliphatic heterocycles. The summed E-state index contributed by atoms with van der Waals surface area (Å²) in [6.07, 6.45) is 1.13. The van der Waals surface area contributed by atoms with Crippen LogP contribution in [0.1, 0.15) is 33.6 Å². The molecule has 72 valence electrons. The van der Waals surface area contributed by atoms with E-state index in [-0.39, 0.29) is 24.7 Å². The molecule has 0 saturated heterocycles. The third-order valence-corrected chi connectivity index (χ3v) is 1.57. The monoisotopic (exact) mass is 178 g/mol. The minimum Gasteiger partial charge on any atom is -0.303 e. The number of carbonyl (C=O) groups excluding carboxylic acids is 1. The first-order valence-electron chi connectivity index (χ1n) is 4.20. The number of hydrogen-bond acceptors (Lipinski definition) is 1. The highest BCUT2D eigenvalue weighted by atomic mass is 19.3. The van der Waals surface area contributed by atoms with Crippen LogP contribution in [-0.2, 0) is 4.79 Å². The Balaban J connectivity index is 0.000000217. The fourth-order valence-electron chi connectivity index (χ4n) is 0.960. The zero-order valence-corrected chi connectivity index (χ0v) is 7.81. The molecule has 0 aromatic rings. The van der Waals surface area contributed by atoms with E-state index in [4.69, 9.17) is 0 Å². The van der Waals surface area contributed by atoms with Gasteiger partial charge in [-0.25, -0.2) is 8.78 Å². The third-order valence-electron chi connectivity index (χ3n) is 1.57. The highest BCUT2D eigenvalue weighted by molar-refractivity contribution is 5.51. The third kappa shape index (κ3) is 5.22. The molecule has 1 aliphatic rings. The van der Waals surface area contributed by atoms with Crippen LogP contribution in [0.15, 0.2) is 0 Å². The van der Waals surface area contributed by atoms with Crippen LogP contribution in [0.3, 0.4) is 0 Å². The average molecular weight is 178 g/mol. The number of alkyl halides is 2.